The van der Waals surface area contributed by atoms with Crippen LogP contribution in [-0.2, 0) is 0 Å². The molecule has 0 amide bonds. The van der Waals surface area contributed by atoms with Crippen molar-refractivity contribution in [1.29, 1.82) is 0 Å². The highest BCUT2D eigenvalue weighted by Gasteiger charge is 2.08. The largest absolute Gasteiger partial charge is 0.397 e. The summed E-state index contributed by atoms with van der Waals surface area (Å²) in [6.45, 7) is 3.90. The first-order valence-corrected chi connectivity index (χ1v) is 5.80. The van der Waals surface area contributed by atoms with Gasteiger partial charge in [-0.25, -0.2) is 9.37 Å². The highest BCUT2D eigenvalue weighted by atomic mass is 19.1. The quantitative estimate of drug-likeness (QED) is 0.872. The minimum absolute atomic E-state index is 0.0180. The van der Waals surface area contributed by atoms with Gasteiger partial charge in [-0.1, -0.05) is 12.1 Å². The molecule has 0 aliphatic rings. The van der Waals surface area contributed by atoms with Crippen LogP contribution in [0, 0.1) is 12.7 Å². The van der Waals surface area contributed by atoms with E-state index in [0.717, 1.165) is 16.9 Å². The summed E-state index contributed by atoms with van der Waals surface area (Å²) in [5.74, 6) is 0.532. The number of aryl methyl sites for hydroxylation is 1. The Morgan fingerprint density at radius 3 is 2.78 bits per heavy atom. The first-order chi connectivity index (χ1) is 8.56. The van der Waals surface area contributed by atoms with Gasteiger partial charge in [-0.2, -0.15) is 0 Å². The van der Waals surface area contributed by atoms with Gasteiger partial charge in [0.25, 0.3) is 0 Å². The van der Waals surface area contributed by atoms with Crippen molar-refractivity contribution in [1.82, 2.24) is 4.98 Å². The number of nitrogens with zero attached hydrogens (tertiary/aromatic N) is 1. The van der Waals surface area contributed by atoms with Crippen molar-refractivity contribution >= 4 is 11.5 Å². The Balaban J connectivity index is 2.18. The summed E-state index contributed by atoms with van der Waals surface area (Å²) in [6.07, 6.45) is 1.60. The van der Waals surface area contributed by atoms with Crippen LogP contribution in [-0.4, -0.2) is 4.98 Å². The Kier molecular flexibility index (Phi) is 3.46. The van der Waals surface area contributed by atoms with Crippen molar-refractivity contribution in [3.63, 3.8) is 0 Å². The molecule has 1 heterocycles. The summed E-state index contributed by atoms with van der Waals surface area (Å²) >= 11 is 0. The van der Waals surface area contributed by atoms with E-state index in [0.29, 0.717) is 5.69 Å². The smallest absolute Gasteiger partial charge is 0.129 e. The zero-order chi connectivity index (χ0) is 13.1. The molecule has 2 aromatic rings. The highest BCUT2D eigenvalue weighted by molar-refractivity contribution is 5.51. The number of nitrogens with one attached hydrogen (secondary N) is 1. The third-order valence-corrected chi connectivity index (χ3v) is 2.80. The topological polar surface area (TPSA) is 50.9 Å². The minimum atomic E-state index is -0.233. The van der Waals surface area contributed by atoms with E-state index in [4.69, 9.17) is 5.73 Å². The maximum Gasteiger partial charge on any atom is 0.129 e. The molecule has 1 unspecified atom stereocenters. The van der Waals surface area contributed by atoms with Gasteiger partial charge in [0.1, 0.15) is 11.6 Å². The Hall–Kier alpha value is -2.10. The molecular formula is C14H16FN3. The summed E-state index contributed by atoms with van der Waals surface area (Å²) in [7, 11) is 0. The lowest BCUT2D eigenvalue weighted by molar-refractivity contribution is 0.623. The maximum absolute atomic E-state index is 13.1. The van der Waals surface area contributed by atoms with Gasteiger partial charge in [-0.05, 0) is 43.2 Å². The van der Waals surface area contributed by atoms with Crippen LogP contribution < -0.4 is 11.1 Å². The van der Waals surface area contributed by atoms with E-state index in [-0.39, 0.29) is 11.9 Å². The number of nitrogen functional groups attached to an aromatic ring is 1. The third kappa shape index (κ3) is 2.77. The summed E-state index contributed by atoms with van der Waals surface area (Å²) in [6, 6.07) is 8.37. The van der Waals surface area contributed by atoms with E-state index < -0.39 is 0 Å². The monoisotopic (exact) mass is 245 g/mol. The van der Waals surface area contributed by atoms with Crippen LogP contribution in [0.15, 0.2) is 36.5 Å². The first-order valence-electron chi connectivity index (χ1n) is 5.80. The average molecular weight is 245 g/mol. The number of hydrogen-bond donors (Lipinski definition) is 2. The van der Waals surface area contributed by atoms with E-state index in [1.165, 1.54) is 12.1 Å². The number of nitrogens with two attached hydrogens (primary N) is 1. The van der Waals surface area contributed by atoms with Gasteiger partial charge < -0.3 is 11.1 Å². The molecule has 1 atom stereocenters. The van der Waals surface area contributed by atoms with Gasteiger partial charge in [0.2, 0.25) is 0 Å². The Labute approximate surface area is 106 Å². The minimum Gasteiger partial charge on any atom is -0.397 e. The average Bonchev–Trinajstić information content (AvgIpc) is 2.32. The molecule has 2 rings (SSSR count). The molecule has 0 aliphatic carbocycles. The molecule has 18 heavy (non-hydrogen) atoms. The number of benzene rings is 1. The fourth-order valence-electron chi connectivity index (χ4n) is 1.81. The second-order valence-corrected chi connectivity index (χ2v) is 4.36. The SMILES string of the molecule is Cc1cc(N)cnc1NC(C)c1cccc(F)c1. The zero-order valence-electron chi connectivity index (χ0n) is 10.4. The van der Waals surface area contributed by atoms with Crippen molar-refractivity contribution in [3.8, 4) is 0 Å². The Morgan fingerprint density at radius 2 is 2.11 bits per heavy atom. The summed E-state index contributed by atoms with van der Waals surface area (Å²) < 4.78 is 13.1. The number of pyridine rings is 1. The molecule has 3 nitrogen and oxygen atoms in total. The number of anilines is 2. The molecule has 4 heteroatoms. The molecule has 3 N–H and O–H groups in total. The molecule has 94 valence electrons. The van der Waals surface area contributed by atoms with Crippen molar-refractivity contribution in [2.75, 3.05) is 11.1 Å². The number of rotatable bonds is 3. The highest BCUT2D eigenvalue weighted by Crippen LogP contribution is 2.21. The van der Waals surface area contributed by atoms with E-state index in [1.807, 2.05) is 26.0 Å². The number of hydrogen-bond acceptors (Lipinski definition) is 3. The van der Waals surface area contributed by atoms with Crippen LogP contribution in [0.3, 0.4) is 0 Å². The van der Waals surface area contributed by atoms with Crippen molar-refractivity contribution in [2.45, 2.75) is 19.9 Å². The molecule has 0 spiro atoms. The molecule has 0 fully saturated rings. The predicted molar refractivity (Wildman–Crippen MR) is 71.8 cm³/mol. The zero-order valence-corrected chi connectivity index (χ0v) is 10.4. The fourth-order valence-corrected chi connectivity index (χ4v) is 1.81. The lowest BCUT2D eigenvalue weighted by Gasteiger charge is -2.16. The van der Waals surface area contributed by atoms with Crippen LogP contribution in [0.2, 0.25) is 0 Å². The summed E-state index contributed by atoms with van der Waals surface area (Å²) in [4.78, 5) is 4.24. The van der Waals surface area contributed by atoms with Crippen molar-refractivity contribution < 1.29 is 4.39 Å². The molecule has 1 aromatic heterocycles. The van der Waals surface area contributed by atoms with Gasteiger partial charge in [-0.3, -0.25) is 0 Å². The van der Waals surface area contributed by atoms with E-state index >= 15 is 0 Å². The van der Waals surface area contributed by atoms with Crippen LogP contribution in [0.1, 0.15) is 24.1 Å². The van der Waals surface area contributed by atoms with Crippen LogP contribution in [0.5, 0.6) is 0 Å². The maximum atomic E-state index is 13.1. The summed E-state index contributed by atoms with van der Waals surface area (Å²) in [5, 5.41) is 3.25. The third-order valence-electron chi connectivity index (χ3n) is 2.80. The Bertz CT molecular complexity index is 554. The molecule has 0 radical (unpaired) electrons. The molecule has 0 bridgehead atoms. The van der Waals surface area contributed by atoms with Gasteiger partial charge >= 0.3 is 0 Å². The fraction of sp³-hybridized carbons (Fsp3) is 0.214. The van der Waals surface area contributed by atoms with E-state index in [1.54, 1.807) is 12.3 Å². The van der Waals surface area contributed by atoms with Crippen molar-refractivity contribution in [2.24, 2.45) is 0 Å². The molecular weight excluding hydrogens is 229 g/mol. The standard InChI is InChI=1S/C14H16FN3/c1-9-6-13(16)8-17-14(9)18-10(2)11-4-3-5-12(15)7-11/h3-8,10H,16H2,1-2H3,(H,17,18). The van der Waals surface area contributed by atoms with E-state index in [9.17, 15) is 4.39 Å². The number of aromatic nitrogens is 1. The second kappa shape index (κ2) is 5.04. The van der Waals surface area contributed by atoms with Gasteiger partial charge in [0.15, 0.2) is 0 Å². The molecule has 0 aliphatic heterocycles. The van der Waals surface area contributed by atoms with Crippen molar-refractivity contribution in [3.05, 3.63) is 53.5 Å². The Morgan fingerprint density at radius 1 is 1.33 bits per heavy atom. The predicted octanol–water partition coefficient (Wildman–Crippen LogP) is 3.28. The number of halogens is 1. The van der Waals surface area contributed by atoms with Crippen LogP contribution >= 0.6 is 0 Å². The molecule has 1 aromatic carbocycles. The van der Waals surface area contributed by atoms with E-state index in [2.05, 4.69) is 10.3 Å². The molecule has 0 saturated heterocycles. The summed E-state index contributed by atoms with van der Waals surface area (Å²) in [5.41, 5.74) is 8.14. The van der Waals surface area contributed by atoms with Crippen LogP contribution in [0.4, 0.5) is 15.9 Å². The normalized spacial score (nSPS) is 12.2. The first kappa shape index (κ1) is 12.4. The lowest BCUT2D eigenvalue weighted by atomic mass is 10.1. The lowest BCUT2D eigenvalue weighted by Crippen LogP contribution is -2.09. The van der Waals surface area contributed by atoms with Gasteiger partial charge in [0.05, 0.1) is 17.9 Å². The van der Waals surface area contributed by atoms with Crippen LogP contribution in [0.25, 0.3) is 0 Å². The van der Waals surface area contributed by atoms with Gasteiger partial charge in [-0.15, -0.1) is 0 Å². The second-order valence-electron chi connectivity index (χ2n) is 4.36. The molecule has 0 saturated carbocycles. The van der Waals surface area contributed by atoms with Gasteiger partial charge in [0, 0.05) is 0 Å².